The van der Waals surface area contributed by atoms with Gasteiger partial charge in [-0.3, -0.25) is 9.36 Å². The molecular formula is C26H27FN4O2S. The summed E-state index contributed by atoms with van der Waals surface area (Å²) in [6.07, 6.45) is 6.46. The fourth-order valence-electron chi connectivity index (χ4n) is 4.22. The van der Waals surface area contributed by atoms with E-state index in [-0.39, 0.29) is 23.8 Å². The summed E-state index contributed by atoms with van der Waals surface area (Å²) in [5.41, 5.74) is 2.18. The van der Waals surface area contributed by atoms with Crippen LogP contribution in [0, 0.1) is 5.82 Å². The zero-order valence-electron chi connectivity index (χ0n) is 19.8. The highest BCUT2D eigenvalue weighted by molar-refractivity contribution is 7.91. The molecule has 1 amide bonds. The highest BCUT2D eigenvalue weighted by atomic mass is 32.2. The number of halogens is 1. The van der Waals surface area contributed by atoms with Crippen molar-refractivity contribution in [1.82, 2.24) is 19.4 Å². The van der Waals surface area contributed by atoms with Crippen LogP contribution in [0.1, 0.15) is 38.1 Å². The van der Waals surface area contributed by atoms with Gasteiger partial charge in [-0.05, 0) is 63.1 Å². The Kier molecular flexibility index (Phi) is 6.72. The second kappa shape index (κ2) is 9.56. The Labute approximate surface area is 201 Å². The summed E-state index contributed by atoms with van der Waals surface area (Å²) < 4.78 is 28.3. The summed E-state index contributed by atoms with van der Waals surface area (Å²) in [7, 11) is 0. The molecule has 2 heterocycles. The van der Waals surface area contributed by atoms with Gasteiger partial charge in [-0.1, -0.05) is 18.2 Å². The lowest BCUT2D eigenvalue weighted by atomic mass is 10.1. The Balaban J connectivity index is 1.81. The fourth-order valence-corrected chi connectivity index (χ4v) is 4.95. The number of rotatable bonds is 6. The van der Waals surface area contributed by atoms with Gasteiger partial charge in [0.1, 0.15) is 12.1 Å². The van der Waals surface area contributed by atoms with Crippen LogP contribution in [-0.4, -0.2) is 48.2 Å². The second-order valence-electron chi connectivity index (χ2n) is 8.70. The van der Waals surface area contributed by atoms with Gasteiger partial charge in [-0.25, -0.2) is 14.4 Å². The van der Waals surface area contributed by atoms with Crippen molar-refractivity contribution in [2.24, 2.45) is 0 Å². The average molecular weight is 479 g/mol. The maximum atomic E-state index is 14.2. The first kappa shape index (κ1) is 23.9. The lowest BCUT2D eigenvalue weighted by molar-refractivity contribution is 0.0644. The van der Waals surface area contributed by atoms with E-state index >= 15 is 0 Å². The van der Waals surface area contributed by atoms with Crippen LogP contribution in [0.15, 0.2) is 66.0 Å². The van der Waals surface area contributed by atoms with E-state index in [2.05, 4.69) is 9.97 Å². The molecule has 1 unspecified atom stereocenters. The smallest absolute Gasteiger partial charge is 0.254 e. The zero-order chi connectivity index (χ0) is 24.6. The molecule has 4 rings (SSSR count). The van der Waals surface area contributed by atoms with E-state index in [9.17, 15) is 13.7 Å². The van der Waals surface area contributed by atoms with Crippen molar-refractivity contribution in [3.8, 4) is 17.1 Å². The van der Waals surface area contributed by atoms with E-state index in [1.807, 2.05) is 38.7 Å². The molecule has 4 aromatic rings. The van der Waals surface area contributed by atoms with Crippen LogP contribution >= 0.6 is 0 Å². The van der Waals surface area contributed by atoms with Crippen molar-refractivity contribution in [3.63, 3.8) is 0 Å². The third kappa shape index (κ3) is 4.43. The van der Waals surface area contributed by atoms with E-state index in [0.717, 1.165) is 5.39 Å². The minimum Gasteiger partial charge on any atom is -0.612 e. The molecule has 0 fully saturated rings. The SMILES string of the molecule is CC(C)N(C(=O)c1ccc2c([S+](C)[O-])cn(-c3ncc(-c4ccccc4F)cn3)c2c1)C(C)C. The van der Waals surface area contributed by atoms with Crippen LogP contribution in [0.3, 0.4) is 0 Å². The normalized spacial score (nSPS) is 12.5. The van der Waals surface area contributed by atoms with Gasteiger partial charge in [0.05, 0.1) is 17.1 Å². The summed E-state index contributed by atoms with van der Waals surface area (Å²) in [6, 6.07) is 11.9. The maximum Gasteiger partial charge on any atom is 0.254 e. The minimum atomic E-state index is -1.26. The third-order valence-corrected chi connectivity index (χ3v) is 6.66. The van der Waals surface area contributed by atoms with E-state index in [1.165, 1.54) is 6.07 Å². The van der Waals surface area contributed by atoms with E-state index in [4.69, 9.17) is 0 Å². The van der Waals surface area contributed by atoms with Crippen molar-refractivity contribution < 1.29 is 13.7 Å². The fraction of sp³-hybridized carbons (Fsp3) is 0.269. The number of amides is 1. The monoisotopic (exact) mass is 478 g/mol. The largest absolute Gasteiger partial charge is 0.612 e. The van der Waals surface area contributed by atoms with Gasteiger partial charge in [0.15, 0.2) is 4.90 Å². The summed E-state index contributed by atoms with van der Waals surface area (Å²) in [4.78, 5) is 24.6. The van der Waals surface area contributed by atoms with Crippen molar-refractivity contribution >= 4 is 28.0 Å². The summed E-state index contributed by atoms with van der Waals surface area (Å²) in [5, 5.41) is 0.764. The number of fused-ring (bicyclic) bond motifs is 1. The van der Waals surface area contributed by atoms with Crippen LogP contribution in [0.2, 0.25) is 0 Å². The number of hydrogen-bond donors (Lipinski definition) is 0. The van der Waals surface area contributed by atoms with E-state index in [0.29, 0.717) is 33.1 Å². The van der Waals surface area contributed by atoms with Gasteiger partial charge >= 0.3 is 0 Å². The molecule has 8 heteroatoms. The Hall–Kier alpha value is -3.23. The zero-order valence-corrected chi connectivity index (χ0v) is 20.6. The predicted molar refractivity (Wildman–Crippen MR) is 133 cm³/mol. The number of carbonyl (C=O) groups excluding carboxylic acids is 1. The Morgan fingerprint density at radius 2 is 1.71 bits per heavy atom. The predicted octanol–water partition coefficient (Wildman–Crippen LogP) is 5.22. The highest BCUT2D eigenvalue weighted by Gasteiger charge is 2.24. The molecule has 2 aromatic heterocycles. The molecule has 6 nitrogen and oxygen atoms in total. The van der Waals surface area contributed by atoms with Gasteiger partial charge in [0.2, 0.25) is 5.95 Å². The Bertz CT molecular complexity index is 1320. The number of carbonyl (C=O) groups is 1. The first-order valence-electron chi connectivity index (χ1n) is 11.1. The summed E-state index contributed by atoms with van der Waals surface area (Å²) >= 11 is -1.26. The molecule has 0 aliphatic heterocycles. The molecule has 0 N–H and O–H groups in total. The van der Waals surface area contributed by atoms with Crippen molar-refractivity contribution in [2.45, 2.75) is 44.7 Å². The Morgan fingerprint density at radius 1 is 1.06 bits per heavy atom. The second-order valence-corrected chi connectivity index (χ2v) is 10.0. The van der Waals surface area contributed by atoms with Gasteiger partial charge in [0.25, 0.3) is 5.91 Å². The average Bonchev–Trinajstić information content (AvgIpc) is 3.18. The molecule has 176 valence electrons. The molecule has 1 atom stereocenters. The molecular weight excluding hydrogens is 451 g/mol. The number of hydrogen-bond acceptors (Lipinski definition) is 4. The van der Waals surface area contributed by atoms with Gasteiger partial charge in [-0.15, -0.1) is 0 Å². The standard InChI is InChI=1S/C26H27FN4O2S/c1-16(2)31(17(3)4)25(32)18-10-11-21-23(12-18)30(15-24(21)34(5)33)26-28-13-19(14-29-26)20-8-6-7-9-22(20)27/h6-17H,1-5H3. The Morgan fingerprint density at radius 3 is 2.29 bits per heavy atom. The van der Waals surface area contributed by atoms with Crippen LogP contribution < -0.4 is 0 Å². The molecule has 0 spiro atoms. The summed E-state index contributed by atoms with van der Waals surface area (Å²) in [5.74, 6) is -0.0810. The molecule has 0 radical (unpaired) electrons. The summed E-state index contributed by atoms with van der Waals surface area (Å²) in [6.45, 7) is 7.95. The van der Waals surface area contributed by atoms with Gasteiger partial charge in [0, 0.05) is 41.2 Å². The van der Waals surface area contributed by atoms with E-state index in [1.54, 1.807) is 59.7 Å². The van der Waals surface area contributed by atoms with Crippen molar-refractivity contribution in [3.05, 3.63) is 72.4 Å². The van der Waals surface area contributed by atoms with Crippen molar-refractivity contribution in [2.75, 3.05) is 6.26 Å². The molecule has 0 saturated carbocycles. The quantitative estimate of drug-likeness (QED) is 0.356. The number of benzene rings is 2. The lowest BCUT2D eigenvalue weighted by Gasteiger charge is -2.30. The molecule has 2 aromatic carbocycles. The third-order valence-electron chi connectivity index (χ3n) is 5.71. The number of aromatic nitrogens is 3. The van der Waals surface area contributed by atoms with E-state index < -0.39 is 11.2 Å². The molecule has 0 aliphatic carbocycles. The van der Waals surface area contributed by atoms with Gasteiger partial charge in [-0.2, -0.15) is 0 Å². The van der Waals surface area contributed by atoms with Crippen LogP contribution in [0.5, 0.6) is 0 Å². The van der Waals surface area contributed by atoms with Crippen LogP contribution in [0.25, 0.3) is 28.0 Å². The van der Waals surface area contributed by atoms with Gasteiger partial charge < -0.3 is 9.45 Å². The molecule has 34 heavy (non-hydrogen) atoms. The van der Waals surface area contributed by atoms with Crippen LogP contribution in [-0.2, 0) is 11.2 Å². The molecule has 0 aliphatic rings. The van der Waals surface area contributed by atoms with Crippen molar-refractivity contribution in [1.29, 1.82) is 0 Å². The first-order chi connectivity index (χ1) is 16.2. The lowest BCUT2D eigenvalue weighted by Crippen LogP contribution is -2.42. The van der Waals surface area contributed by atoms with Crippen LogP contribution in [0.4, 0.5) is 4.39 Å². The maximum absolute atomic E-state index is 14.2. The highest BCUT2D eigenvalue weighted by Crippen LogP contribution is 2.30. The first-order valence-corrected chi connectivity index (χ1v) is 12.6. The number of nitrogens with zero attached hydrogens (tertiary/aromatic N) is 4. The molecule has 0 bridgehead atoms. The molecule has 0 saturated heterocycles. The topological polar surface area (TPSA) is 74.1 Å². The minimum absolute atomic E-state index is 0.0444.